The summed E-state index contributed by atoms with van der Waals surface area (Å²) in [6.07, 6.45) is 2.97. The van der Waals surface area contributed by atoms with Crippen molar-refractivity contribution in [3.63, 3.8) is 0 Å². The van der Waals surface area contributed by atoms with E-state index in [4.69, 9.17) is 9.84 Å². The van der Waals surface area contributed by atoms with Crippen molar-refractivity contribution < 1.29 is 20.1 Å². The topological polar surface area (TPSA) is 105 Å². The van der Waals surface area contributed by atoms with Gasteiger partial charge in [0.1, 0.15) is 35.9 Å². The molecule has 0 spiro atoms. The first kappa shape index (κ1) is 15.2. The minimum absolute atomic E-state index is 0. The smallest absolute Gasteiger partial charge is 0.164 e. The largest absolute Gasteiger partial charge is 0.394 e. The standard InChI is InChI=1S/C13H14N4O4.ClH/c18-5-8-9(19)10(20)13(21-8)17-3-1-7-11-14-2-4-16(11)6-15-12(7)17;/h1-4,6,8-10,13,18-20H,5H2;1H/t8-,9-,10-,13-;/m1./s1. The maximum Gasteiger partial charge on any atom is 0.164 e. The van der Waals surface area contributed by atoms with E-state index in [1.165, 1.54) is 0 Å². The molecule has 118 valence electrons. The Labute approximate surface area is 131 Å². The zero-order valence-corrected chi connectivity index (χ0v) is 12.2. The monoisotopic (exact) mass is 326 g/mol. The molecule has 4 heterocycles. The van der Waals surface area contributed by atoms with Crippen molar-refractivity contribution in [1.29, 1.82) is 0 Å². The van der Waals surface area contributed by atoms with Crippen LogP contribution in [0.5, 0.6) is 0 Å². The Morgan fingerprint density at radius 2 is 1.95 bits per heavy atom. The maximum atomic E-state index is 10.1. The highest BCUT2D eigenvalue weighted by molar-refractivity contribution is 5.89. The highest BCUT2D eigenvalue weighted by Gasteiger charge is 2.43. The number of hydrogen-bond donors (Lipinski definition) is 3. The van der Waals surface area contributed by atoms with Gasteiger partial charge < -0.3 is 24.6 Å². The summed E-state index contributed by atoms with van der Waals surface area (Å²) >= 11 is 0. The second kappa shape index (κ2) is 5.49. The van der Waals surface area contributed by atoms with Gasteiger partial charge in [0.15, 0.2) is 6.23 Å². The molecule has 0 aromatic carbocycles. The van der Waals surface area contributed by atoms with Gasteiger partial charge in [-0.2, -0.15) is 0 Å². The van der Waals surface area contributed by atoms with Crippen molar-refractivity contribution in [3.8, 4) is 0 Å². The molecule has 3 aromatic heterocycles. The lowest BCUT2D eigenvalue weighted by molar-refractivity contribution is -0.0508. The molecule has 22 heavy (non-hydrogen) atoms. The van der Waals surface area contributed by atoms with Gasteiger partial charge in [0.2, 0.25) is 0 Å². The van der Waals surface area contributed by atoms with Gasteiger partial charge in [-0.25, -0.2) is 9.97 Å². The van der Waals surface area contributed by atoms with Crippen LogP contribution in [0, 0.1) is 0 Å². The van der Waals surface area contributed by atoms with E-state index in [0.29, 0.717) is 5.65 Å². The Bertz CT molecular complexity index is 804. The first-order valence-corrected chi connectivity index (χ1v) is 6.61. The van der Waals surface area contributed by atoms with E-state index in [0.717, 1.165) is 11.0 Å². The summed E-state index contributed by atoms with van der Waals surface area (Å²) in [5.41, 5.74) is 1.36. The van der Waals surface area contributed by atoms with Gasteiger partial charge in [0.25, 0.3) is 0 Å². The molecule has 0 radical (unpaired) electrons. The zero-order valence-electron chi connectivity index (χ0n) is 11.4. The quantitative estimate of drug-likeness (QED) is 0.598. The molecule has 0 amide bonds. The molecule has 0 saturated carbocycles. The fourth-order valence-electron chi connectivity index (χ4n) is 2.80. The highest BCUT2D eigenvalue weighted by atomic mass is 35.5. The molecular formula is C13H15ClN4O4. The zero-order chi connectivity index (χ0) is 14.6. The minimum Gasteiger partial charge on any atom is -0.394 e. The van der Waals surface area contributed by atoms with Crippen LogP contribution < -0.4 is 0 Å². The van der Waals surface area contributed by atoms with Crippen LogP contribution in [0.1, 0.15) is 6.23 Å². The summed E-state index contributed by atoms with van der Waals surface area (Å²) < 4.78 is 8.97. The Morgan fingerprint density at radius 3 is 2.68 bits per heavy atom. The van der Waals surface area contributed by atoms with Gasteiger partial charge in [-0.3, -0.25) is 4.40 Å². The SMILES string of the molecule is Cl.OC[C@H]1O[C@@H](n2ccc3c2ncn2ccnc32)[C@H](O)[C@@H]1O. The van der Waals surface area contributed by atoms with E-state index < -0.39 is 24.5 Å². The molecule has 4 rings (SSSR count). The summed E-state index contributed by atoms with van der Waals surface area (Å²) in [6.45, 7) is -0.355. The van der Waals surface area contributed by atoms with Gasteiger partial charge in [0, 0.05) is 18.6 Å². The van der Waals surface area contributed by atoms with E-state index in [1.54, 1.807) is 33.9 Å². The lowest BCUT2D eigenvalue weighted by Crippen LogP contribution is -2.33. The summed E-state index contributed by atoms with van der Waals surface area (Å²) in [6, 6.07) is 1.83. The maximum absolute atomic E-state index is 10.1. The van der Waals surface area contributed by atoms with Gasteiger partial charge >= 0.3 is 0 Å². The first-order valence-electron chi connectivity index (χ1n) is 6.61. The van der Waals surface area contributed by atoms with Crippen molar-refractivity contribution in [2.24, 2.45) is 0 Å². The third-order valence-electron chi connectivity index (χ3n) is 3.89. The van der Waals surface area contributed by atoms with Crippen LogP contribution in [0.15, 0.2) is 31.0 Å². The van der Waals surface area contributed by atoms with Crippen LogP contribution in [-0.4, -0.2) is 59.2 Å². The number of aromatic nitrogens is 4. The van der Waals surface area contributed by atoms with Crippen LogP contribution in [-0.2, 0) is 4.74 Å². The predicted octanol–water partition coefficient (Wildman–Crippen LogP) is -0.283. The van der Waals surface area contributed by atoms with Crippen molar-refractivity contribution >= 4 is 29.1 Å². The molecule has 3 N–H and O–H groups in total. The number of rotatable bonds is 2. The van der Waals surface area contributed by atoms with Crippen molar-refractivity contribution in [3.05, 3.63) is 31.0 Å². The second-order valence-corrected chi connectivity index (χ2v) is 5.09. The Kier molecular flexibility index (Phi) is 3.79. The molecule has 1 aliphatic rings. The molecule has 9 heteroatoms. The third-order valence-corrected chi connectivity index (χ3v) is 3.89. The molecule has 0 aliphatic carbocycles. The normalized spacial score (nSPS) is 28.3. The minimum atomic E-state index is -1.13. The van der Waals surface area contributed by atoms with E-state index in [9.17, 15) is 10.2 Å². The fraction of sp³-hybridized carbons (Fsp3) is 0.385. The number of imidazole rings is 1. The second-order valence-electron chi connectivity index (χ2n) is 5.09. The average molecular weight is 327 g/mol. The number of aliphatic hydroxyl groups excluding tert-OH is 3. The summed E-state index contributed by atoms with van der Waals surface area (Å²) in [7, 11) is 0. The van der Waals surface area contributed by atoms with Crippen LogP contribution in [0.25, 0.3) is 16.7 Å². The van der Waals surface area contributed by atoms with Crippen LogP contribution in [0.3, 0.4) is 0 Å². The number of aliphatic hydroxyl groups is 3. The molecule has 0 unspecified atom stereocenters. The number of halogens is 1. The van der Waals surface area contributed by atoms with Crippen molar-refractivity contribution in [2.75, 3.05) is 6.61 Å². The number of fused-ring (bicyclic) bond motifs is 3. The highest BCUT2D eigenvalue weighted by Crippen LogP contribution is 2.32. The summed E-state index contributed by atoms with van der Waals surface area (Å²) in [5.74, 6) is 0. The average Bonchev–Trinajstić information content (AvgIpc) is 3.17. The lowest BCUT2D eigenvalue weighted by Gasteiger charge is -2.17. The lowest BCUT2D eigenvalue weighted by atomic mass is 10.1. The first-order chi connectivity index (χ1) is 10.2. The van der Waals surface area contributed by atoms with Crippen molar-refractivity contribution in [2.45, 2.75) is 24.5 Å². The summed E-state index contributed by atoms with van der Waals surface area (Å²) in [4.78, 5) is 8.62. The van der Waals surface area contributed by atoms with Gasteiger partial charge in [-0.15, -0.1) is 12.4 Å². The molecule has 1 fully saturated rings. The van der Waals surface area contributed by atoms with Crippen LogP contribution in [0.2, 0.25) is 0 Å². The molecule has 3 aromatic rings. The fourth-order valence-corrected chi connectivity index (χ4v) is 2.80. The van der Waals surface area contributed by atoms with E-state index in [2.05, 4.69) is 9.97 Å². The predicted molar refractivity (Wildman–Crippen MR) is 78.7 cm³/mol. The Balaban J connectivity index is 0.00000144. The molecule has 1 aliphatic heterocycles. The van der Waals surface area contributed by atoms with E-state index >= 15 is 0 Å². The molecule has 4 atom stereocenters. The summed E-state index contributed by atoms with van der Waals surface area (Å²) in [5, 5.41) is 29.9. The number of ether oxygens (including phenoxy) is 1. The van der Waals surface area contributed by atoms with Crippen molar-refractivity contribution in [1.82, 2.24) is 18.9 Å². The third kappa shape index (κ3) is 2.00. The van der Waals surface area contributed by atoms with Crippen LogP contribution >= 0.6 is 12.4 Å². The van der Waals surface area contributed by atoms with Gasteiger partial charge in [-0.1, -0.05) is 0 Å². The Morgan fingerprint density at radius 1 is 1.14 bits per heavy atom. The number of hydrogen-bond acceptors (Lipinski definition) is 6. The Hall–Kier alpha value is -1.71. The molecule has 8 nitrogen and oxygen atoms in total. The number of nitrogens with zero attached hydrogens (tertiary/aromatic N) is 4. The van der Waals surface area contributed by atoms with Gasteiger partial charge in [-0.05, 0) is 6.07 Å². The molecular weight excluding hydrogens is 312 g/mol. The van der Waals surface area contributed by atoms with Crippen LogP contribution in [0.4, 0.5) is 0 Å². The van der Waals surface area contributed by atoms with E-state index in [-0.39, 0.29) is 19.0 Å². The van der Waals surface area contributed by atoms with E-state index in [1.807, 2.05) is 6.07 Å². The molecule has 0 bridgehead atoms. The van der Waals surface area contributed by atoms with Gasteiger partial charge in [0.05, 0.1) is 12.0 Å². The molecule has 1 saturated heterocycles.